The van der Waals surface area contributed by atoms with Gasteiger partial charge in [0.15, 0.2) is 0 Å². The molecule has 0 aliphatic heterocycles. The maximum Gasteiger partial charge on any atom is 0.433 e. The number of oxime groups is 1. The molecule has 0 saturated heterocycles. The second-order valence-electron chi connectivity index (χ2n) is 4.04. The molecular weight excluding hydrogens is 296 g/mol. The molecule has 0 heterocycles. The molecule has 1 aliphatic carbocycles. The van der Waals surface area contributed by atoms with Gasteiger partial charge in [-0.3, -0.25) is 4.84 Å². The molecule has 0 saturated carbocycles. The van der Waals surface area contributed by atoms with Crippen LogP contribution in [-0.2, 0) is 11.3 Å². The van der Waals surface area contributed by atoms with E-state index in [9.17, 15) is 4.79 Å². The largest absolute Gasteiger partial charge is 0.433 e. The van der Waals surface area contributed by atoms with Gasteiger partial charge in [-0.15, -0.1) is 0 Å². The van der Waals surface area contributed by atoms with Crippen LogP contribution in [0.1, 0.15) is 24.0 Å². The molecule has 0 radical (unpaired) electrons. The first-order chi connectivity index (χ1) is 8.81. The maximum absolute atomic E-state index is 11.3. The number of amides is 1. The molecule has 0 bridgehead atoms. The minimum absolute atomic E-state index is 0.509. The van der Waals surface area contributed by atoms with Gasteiger partial charge in [-0.25, -0.2) is 4.79 Å². The molecule has 1 N–H and O–H groups in total. The van der Waals surface area contributed by atoms with Gasteiger partial charge in [0.2, 0.25) is 0 Å². The summed E-state index contributed by atoms with van der Waals surface area (Å²) in [6, 6.07) is 8.11. The van der Waals surface area contributed by atoms with Crippen molar-refractivity contribution < 1.29 is 9.63 Å². The molecule has 5 heteroatoms. The van der Waals surface area contributed by atoms with Crippen molar-refractivity contribution in [2.24, 2.45) is 5.16 Å². The van der Waals surface area contributed by atoms with Crippen LogP contribution in [0.5, 0.6) is 0 Å². The van der Waals surface area contributed by atoms with Crippen LogP contribution in [0.2, 0.25) is 0 Å². The van der Waals surface area contributed by atoms with Gasteiger partial charge >= 0.3 is 6.09 Å². The van der Waals surface area contributed by atoms with Crippen molar-refractivity contribution >= 4 is 27.7 Å². The van der Waals surface area contributed by atoms with E-state index in [0.717, 1.165) is 30.5 Å². The smallest absolute Gasteiger partial charge is 0.319 e. The summed E-state index contributed by atoms with van der Waals surface area (Å²) in [5.41, 5.74) is 3.22. The first-order valence-corrected chi connectivity index (χ1v) is 7.09. The Labute approximate surface area is 115 Å². The number of nitrogens with zero attached hydrogens (tertiary/aromatic N) is 1. The minimum atomic E-state index is -0.509. The van der Waals surface area contributed by atoms with Crippen molar-refractivity contribution in [1.29, 1.82) is 0 Å². The summed E-state index contributed by atoms with van der Waals surface area (Å²) in [7, 11) is 0. The van der Waals surface area contributed by atoms with Crippen molar-refractivity contribution in [1.82, 2.24) is 5.32 Å². The highest BCUT2D eigenvalue weighted by Crippen LogP contribution is 2.21. The Morgan fingerprint density at radius 2 is 2.22 bits per heavy atom. The number of alkyl halides is 1. The zero-order valence-corrected chi connectivity index (χ0v) is 11.6. The second-order valence-corrected chi connectivity index (χ2v) is 4.84. The third-order valence-electron chi connectivity index (χ3n) is 2.79. The molecule has 0 aromatic heterocycles. The van der Waals surface area contributed by atoms with Crippen LogP contribution in [-0.4, -0.2) is 23.7 Å². The second kappa shape index (κ2) is 6.54. The molecular formula is C13H15BrN2O2. The van der Waals surface area contributed by atoms with Crippen LogP contribution in [0.4, 0.5) is 4.79 Å². The molecule has 1 aromatic carbocycles. The summed E-state index contributed by atoms with van der Waals surface area (Å²) in [5.74, 6) is 0. The minimum Gasteiger partial charge on any atom is -0.319 e. The average Bonchev–Trinajstić information content (AvgIpc) is 2.42. The quantitative estimate of drug-likeness (QED) is 0.530. The molecule has 0 fully saturated rings. The highest BCUT2D eigenvalue weighted by atomic mass is 79.9. The standard InChI is InChI=1S/C13H15BrN2O2/c14-8-9-15-13(17)18-16-12-7-3-5-10-4-1-2-6-11(10)12/h1-2,4,6H,3,5,7-9H2,(H,15,17). The summed E-state index contributed by atoms with van der Waals surface area (Å²) in [4.78, 5) is 16.2. The Kier molecular flexibility index (Phi) is 4.75. The first-order valence-electron chi connectivity index (χ1n) is 5.97. The molecule has 1 aromatic rings. The fourth-order valence-corrected chi connectivity index (χ4v) is 2.17. The van der Waals surface area contributed by atoms with E-state index in [1.54, 1.807) is 0 Å². The van der Waals surface area contributed by atoms with Crippen LogP contribution in [0.3, 0.4) is 0 Å². The lowest BCUT2D eigenvalue weighted by Gasteiger charge is -2.16. The maximum atomic E-state index is 11.3. The number of carbonyl (C=O) groups excluding carboxylic acids is 1. The predicted octanol–water partition coefficient (Wildman–Crippen LogP) is 2.85. The van der Waals surface area contributed by atoms with Crippen molar-refractivity contribution in [3.05, 3.63) is 35.4 Å². The van der Waals surface area contributed by atoms with E-state index in [2.05, 4.69) is 32.5 Å². The molecule has 1 amide bonds. The number of nitrogens with one attached hydrogen (secondary N) is 1. The molecule has 1 aliphatic rings. The SMILES string of the molecule is O=C(NCCBr)ON=C1CCCc2ccccc21. The lowest BCUT2D eigenvalue weighted by atomic mass is 9.90. The van der Waals surface area contributed by atoms with E-state index < -0.39 is 6.09 Å². The summed E-state index contributed by atoms with van der Waals surface area (Å²) < 4.78 is 0. The Hall–Kier alpha value is -1.36. The van der Waals surface area contributed by atoms with Gasteiger partial charge in [0.25, 0.3) is 0 Å². The fourth-order valence-electron chi connectivity index (χ4n) is 1.97. The first kappa shape index (κ1) is 13.1. The summed E-state index contributed by atoms with van der Waals surface area (Å²) in [5, 5.41) is 7.24. The van der Waals surface area contributed by atoms with Gasteiger partial charge < -0.3 is 5.32 Å². The van der Waals surface area contributed by atoms with Gasteiger partial charge in [0, 0.05) is 17.4 Å². The molecule has 2 rings (SSSR count). The van der Waals surface area contributed by atoms with Crippen molar-refractivity contribution in [3.63, 3.8) is 0 Å². The fraction of sp³-hybridized carbons (Fsp3) is 0.385. The Bertz CT molecular complexity index is 460. The average molecular weight is 311 g/mol. The van der Waals surface area contributed by atoms with Crippen LogP contribution in [0, 0.1) is 0 Å². The lowest BCUT2D eigenvalue weighted by Crippen LogP contribution is -2.25. The van der Waals surface area contributed by atoms with Crippen LogP contribution in [0.15, 0.2) is 29.4 Å². The van der Waals surface area contributed by atoms with Crippen LogP contribution in [0.25, 0.3) is 0 Å². The molecule has 18 heavy (non-hydrogen) atoms. The Balaban J connectivity index is 2.04. The lowest BCUT2D eigenvalue weighted by molar-refractivity contribution is 0.151. The van der Waals surface area contributed by atoms with Crippen molar-refractivity contribution in [3.8, 4) is 0 Å². The highest BCUT2D eigenvalue weighted by molar-refractivity contribution is 9.09. The zero-order chi connectivity index (χ0) is 12.8. The number of aryl methyl sites for hydroxylation is 1. The van der Waals surface area contributed by atoms with Crippen LogP contribution >= 0.6 is 15.9 Å². The van der Waals surface area contributed by atoms with Crippen molar-refractivity contribution in [2.45, 2.75) is 19.3 Å². The third-order valence-corrected chi connectivity index (χ3v) is 3.19. The third kappa shape index (κ3) is 3.32. The van der Waals surface area contributed by atoms with Gasteiger partial charge in [0.05, 0.1) is 5.71 Å². The van der Waals surface area contributed by atoms with Gasteiger partial charge in [0.1, 0.15) is 0 Å². The van der Waals surface area contributed by atoms with Gasteiger partial charge in [-0.2, -0.15) is 0 Å². The Morgan fingerprint density at radius 1 is 1.39 bits per heavy atom. The zero-order valence-electron chi connectivity index (χ0n) is 9.99. The highest BCUT2D eigenvalue weighted by Gasteiger charge is 2.15. The number of hydrogen-bond acceptors (Lipinski definition) is 3. The predicted molar refractivity (Wildman–Crippen MR) is 74.2 cm³/mol. The number of rotatable bonds is 3. The molecule has 0 spiro atoms. The van der Waals surface area contributed by atoms with E-state index in [-0.39, 0.29) is 0 Å². The summed E-state index contributed by atoms with van der Waals surface area (Å²) in [6.45, 7) is 0.528. The van der Waals surface area contributed by atoms with Gasteiger partial charge in [-0.1, -0.05) is 45.4 Å². The molecule has 0 unspecified atom stereocenters. The van der Waals surface area contributed by atoms with Crippen LogP contribution < -0.4 is 5.32 Å². The normalized spacial score (nSPS) is 16.2. The number of carbonyl (C=O) groups is 1. The molecule has 96 valence electrons. The topological polar surface area (TPSA) is 50.7 Å². The number of hydrogen-bond donors (Lipinski definition) is 1. The van der Waals surface area contributed by atoms with Crippen molar-refractivity contribution in [2.75, 3.05) is 11.9 Å². The van der Waals surface area contributed by atoms with E-state index >= 15 is 0 Å². The summed E-state index contributed by atoms with van der Waals surface area (Å²) >= 11 is 3.22. The molecule has 4 nitrogen and oxygen atoms in total. The number of fused-ring (bicyclic) bond motifs is 1. The van der Waals surface area contributed by atoms with Gasteiger partial charge in [-0.05, 0) is 24.8 Å². The number of benzene rings is 1. The van der Waals surface area contributed by atoms with E-state index in [0.29, 0.717) is 11.9 Å². The Morgan fingerprint density at radius 3 is 3.06 bits per heavy atom. The number of halogens is 1. The van der Waals surface area contributed by atoms with E-state index in [1.807, 2.05) is 18.2 Å². The monoisotopic (exact) mass is 310 g/mol. The van der Waals surface area contributed by atoms with E-state index in [1.165, 1.54) is 5.56 Å². The molecule has 0 atom stereocenters. The van der Waals surface area contributed by atoms with E-state index in [4.69, 9.17) is 4.84 Å². The summed E-state index contributed by atoms with van der Waals surface area (Å²) in [6.07, 6.45) is 2.45.